The van der Waals surface area contributed by atoms with Crippen molar-refractivity contribution < 1.29 is 14.3 Å². The van der Waals surface area contributed by atoms with Gasteiger partial charge in [-0.1, -0.05) is 28.8 Å². The summed E-state index contributed by atoms with van der Waals surface area (Å²) >= 11 is 3.39. The fourth-order valence-electron chi connectivity index (χ4n) is 1.68. The SMILES string of the molecule is CCOC(=O)CCCCCCOc1ccc(Br)cc1. The van der Waals surface area contributed by atoms with Gasteiger partial charge in [0.15, 0.2) is 0 Å². The van der Waals surface area contributed by atoms with Gasteiger partial charge in [0.2, 0.25) is 0 Å². The Morgan fingerprint density at radius 2 is 1.79 bits per heavy atom. The molecular formula is C15H21BrO3. The monoisotopic (exact) mass is 328 g/mol. The number of unbranched alkanes of at least 4 members (excludes halogenated alkanes) is 3. The van der Waals surface area contributed by atoms with E-state index in [4.69, 9.17) is 9.47 Å². The molecule has 1 rings (SSSR count). The summed E-state index contributed by atoms with van der Waals surface area (Å²) in [6.45, 7) is 3.03. The third kappa shape index (κ3) is 7.88. The molecule has 1 aromatic rings. The number of hydrogen-bond donors (Lipinski definition) is 0. The third-order valence-corrected chi connectivity index (χ3v) is 3.19. The summed E-state index contributed by atoms with van der Waals surface area (Å²) in [6.07, 6.45) is 4.57. The zero-order valence-electron chi connectivity index (χ0n) is 11.4. The largest absolute Gasteiger partial charge is 0.494 e. The quantitative estimate of drug-likeness (QED) is 0.499. The van der Waals surface area contributed by atoms with E-state index >= 15 is 0 Å². The van der Waals surface area contributed by atoms with E-state index in [2.05, 4.69) is 15.9 Å². The number of rotatable bonds is 9. The average Bonchev–Trinajstić information content (AvgIpc) is 2.40. The van der Waals surface area contributed by atoms with Crippen molar-refractivity contribution in [2.24, 2.45) is 0 Å². The lowest BCUT2D eigenvalue weighted by Crippen LogP contribution is -2.03. The number of halogens is 1. The summed E-state index contributed by atoms with van der Waals surface area (Å²) < 4.78 is 11.5. The molecule has 0 aliphatic rings. The van der Waals surface area contributed by atoms with E-state index in [0.717, 1.165) is 42.5 Å². The van der Waals surface area contributed by atoms with E-state index in [1.54, 1.807) is 0 Å². The van der Waals surface area contributed by atoms with Crippen LogP contribution in [0.5, 0.6) is 5.75 Å². The topological polar surface area (TPSA) is 35.5 Å². The van der Waals surface area contributed by atoms with Gasteiger partial charge in [0.25, 0.3) is 0 Å². The Bertz CT molecular complexity index is 362. The first-order valence-electron chi connectivity index (χ1n) is 6.76. The molecule has 0 radical (unpaired) electrons. The number of esters is 1. The Kier molecular flexibility index (Phi) is 8.30. The van der Waals surface area contributed by atoms with Crippen molar-refractivity contribution in [2.75, 3.05) is 13.2 Å². The van der Waals surface area contributed by atoms with Crippen LogP contribution in [0.15, 0.2) is 28.7 Å². The van der Waals surface area contributed by atoms with Crippen LogP contribution in [0.1, 0.15) is 39.0 Å². The molecule has 19 heavy (non-hydrogen) atoms. The van der Waals surface area contributed by atoms with Gasteiger partial charge in [0.1, 0.15) is 5.75 Å². The lowest BCUT2D eigenvalue weighted by atomic mass is 10.1. The minimum absolute atomic E-state index is 0.0892. The minimum atomic E-state index is -0.0892. The molecule has 0 saturated carbocycles. The third-order valence-electron chi connectivity index (χ3n) is 2.66. The van der Waals surface area contributed by atoms with Gasteiger partial charge >= 0.3 is 5.97 Å². The van der Waals surface area contributed by atoms with E-state index in [-0.39, 0.29) is 5.97 Å². The van der Waals surface area contributed by atoms with Crippen molar-refractivity contribution in [3.63, 3.8) is 0 Å². The molecule has 0 aliphatic heterocycles. The van der Waals surface area contributed by atoms with Crippen LogP contribution < -0.4 is 4.74 Å². The van der Waals surface area contributed by atoms with Crippen LogP contribution in [0, 0.1) is 0 Å². The van der Waals surface area contributed by atoms with Gasteiger partial charge in [-0.25, -0.2) is 0 Å². The summed E-state index contributed by atoms with van der Waals surface area (Å²) in [7, 11) is 0. The van der Waals surface area contributed by atoms with Crippen molar-refractivity contribution in [3.8, 4) is 5.75 Å². The van der Waals surface area contributed by atoms with Gasteiger partial charge in [-0.3, -0.25) is 4.79 Å². The fraction of sp³-hybridized carbons (Fsp3) is 0.533. The van der Waals surface area contributed by atoms with Crippen LogP contribution in [0.25, 0.3) is 0 Å². The molecule has 0 saturated heterocycles. The molecule has 106 valence electrons. The average molecular weight is 329 g/mol. The zero-order chi connectivity index (χ0) is 13.9. The van der Waals surface area contributed by atoms with E-state index in [9.17, 15) is 4.79 Å². The highest BCUT2D eigenvalue weighted by Gasteiger charge is 2.00. The minimum Gasteiger partial charge on any atom is -0.494 e. The summed E-state index contributed by atoms with van der Waals surface area (Å²) in [6, 6.07) is 7.83. The van der Waals surface area contributed by atoms with Crippen molar-refractivity contribution >= 4 is 21.9 Å². The van der Waals surface area contributed by atoms with Crippen LogP contribution >= 0.6 is 15.9 Å². The van der Waals surface area contributed by atoms with Crippen LogP contribution in [0.2, 0.25) is 0 Å². The molecule has 0 amide bonds. The lowest BCUT2D eigenvalue weighted by molar-refractivity contribution is -0.143. The summed E-state index contributed by atoms with van der Waals surface area (Å²) in [5.41, 5.74) is 0. The van der Waals surface area contributed by atoms with Gasteiger partial charge in [-0.15, -0.1) is 0 Å². The standard InChI is InChI=1S/C15H21BrO3/c1-2-18-15(17)7-5-3-4-6-12-19-14-10-8-13(16)9-11-14/h8-11H,2-7,12H2,1H3. The maximum atomic E-state index is 11.1. The van der Waals surface area contributed by atoms with Crippen molar-refractivity contribution in [2.45, 2.75) is 39.0 Å². The second kappa shape index (κ2) is 9.84. The summed E-state index contributed by atoms with van der Waals surface area (Å²) in [5, 5.41) is 0. The first-order valence-corrected chi connectivity index (χ1v) is 7.55. The number of ether oxygens (including phenoxy) is 2. The molecule has 3 nitrogen and oxygen atoms in total. The number of carbonyl (C=O) groups is 1. The van der Waals surface area contributed by atoms with Crippen molar-refractivity contribution in [1.29, 1.82) is 0 Å². The fourth-order valence-corrected chi connectivity index (χ4v) is 1.94. The van der Waals surface area contributed by atoms with Gasteiger partial charge < -0.3 is 9.47 Å². The van der Waals surface area contributed by atoms with Gasteiger partial charge in [-0.05, 0) is 44.0 Å². The van der Waals surface area contributed by atoms with Crippen LogP contribution in [-0.2, 0) is 9.53 Å². The predicted octanol–water partition coefficient (Wildman–Crippen LogP) is 4.34. The molecule has 1 aromatic carbocycles. The zero-order valence-corrected chi connectivity index (χ0v) is 12.9. The maximum absolute atomic E-state index is 11.1. The molecule has 0 fully saturated rings. The number of carbonyl (C=O) groups excluding carboxylic acids is 1. The molecule has 0 heterocycles. The van der Waals surface area contributed by atoms with Crippen LogP contribution in [0.4, 0.5) is 0 Å². The second-order valence-electron chi connectivity index (χ2n) is 4.27. The van der Waals surface area contributed by atoms with Gasteiger partial charge in [-0.2, -0.15) is 0 Å². The first kappa shape index (κ1) is 16.0. The smallest absolute Gasteiger partial charge is 0.305 e. The molecule has 0 spiro atoms. The van der Waals surface area contributed by atoms with Crippen molar-refractivity contribution in [1.82, 2.24) is 0 Å². The predicted molar refractivity (Wildman–Crippen MR) is 79.4 cm³/mol. The van der Waals surface area contributed by atoms with E-state index in [0.29, 0.717) is 13.0 Å². The molecular weight excluding hydrogens is 308 g/mol. The maximum Gasteiger partial charge on any atom is 0.305 e. The molecule has 0 unspecified atom stereocenters. The van der Waals surface area contributed by atoms with Crippen LogP contribution in [-0.4, -0.2) is 19.2 Å². The summed E-state index contributed by atoms with van der Waals surface area (Å²) in [4.78, 5) is 11.1. The second-order valence-corrected chi connectivity index (χ2v) is 5.19. The Labute approximate surface area is 123 Å². The van der Waals surface area contributed by atoms with Gasteiger partial charge in [0.05, 0.1) is 13.2 Å². The molecule has 4 heteroatoms. The molecule has 0 bridgehead atoms. The molecule has 0 atom stereocenters. The van der Waals surface area contributed by atoms with Crippen molar-refractivity contribution in [3.05, 3.63) is 28.7 Å². The Morgan fingerprint density at radius 1 is 1.11 bits per heavy atom. The van der Waals surface area contributed by atoms with E-state index in [1.807, 2.05) is 31.2 Å². The highest BCUT2D eigenvalue weighted by molar-refractivity contribution is 9.10. The Hall–Kier alpha value is -1.03. The summed E-state index contributed by atoms with van der Waals surface area (Å²) in [5.74, 6) is 0.809. The van der Waals surface area contributed by atoms with E-state index < -0.39 is 0 Å². The molecule has 0 N–H and O–H groups in total. The Morgan fingerprint density at radius 3 is 2.47 bits per heavy atom. The molecule has 0 aromatic heterocycles. The van der Waals surface area contributed by atoms with E-state index in [1.165, 1.54) is 0 Å². The number of hydrogen-bond acceptors (Lipinski definition) is 3. The first-order chi connectivity index (χ1) is 9.22. The van der Waals surface area contributed by atoms with Crippen LogP contribution in [0.3, 0.4) is 0 Å². The normalized spacial score (nSPS) is 10.2. The molecule has 0 aliphatic carbocycles. The highest BCUT2D eigenvalue weighted by Crippen LogP contribution is 2.16. The highest BCUT2D eigenvalue weighted by atomic mass is 79.9. The Balaban J connectivity index is 1.96. The lowest BCUT2D eigenvalue weighted by Gasteiger charge is -2.06. The van der Waals surface area contributed by atoms with Gasteiger partial charge in [0, 0.05) is 10.9 Å². The number of benzene rings is 1.